The Morgan fingerprint density at radius 2 is 2.00 bits per heavy atom. The molecule has 4 heteroatoms. The number of rotatable bonds is 2. The number of carbonyl (C=O) groups is 1. The molecule has 1 fully saturated rings. The average molecular weight is 277 g/mol. The molecule has 0 unspecified atom stereocenters. The van der Waals surface area contributed by atoms with Gasteiger partial charge in [0.2, 0.25) is 0 Å². The lowest BCUT2D eigenvalue weighted by atomic mass is 9.80. The maximum atomic E-state index is 12.1. The van der Waals surface area contributed by atoms with E-state index >= 15 is 0 Å². The number of benzene rings is 1. The summed E-state index contributed by atoms with van der Waals surface area (Å²) < 4.78 is 5.40. The van der Waals surface area contributed by atoms with Crippen molar-refractivity contribution in [1.82, 2.24) is 4.90 Å². The van der Waals surface area contributed by atoms with Crippen molar-refractivity contribution in [2.75, 3.05) is 19.7 Å². The van der Waals surface area contributed by atoms with E-state index in [1.165, 1.54) is 0 Å². The molecule has 1 aromatic rings. The first-order valence-corrected chi connectivity index (χ1v) is 7.01. The summed E-state index contributed by atoms with van der Waals surface area (Å²) in [7, 11) is 0. The molecular weight excluding hydrogens is 254 g/mol. The molecule has 20 heavy (non-hydrogen) atoms. The van der Waals surface area contributed by atoms with Gasteiger partial charge in [0.05, 0.1) is 6.61 Å². The van der Waals surface area contributed by atoms with Gasteiger partial charge in [-0.25, -0.2) is 4.79 Å². The number of hydrogen-bond acceptors (Lipinski definition) is 3. The van der Waals surface area contributed by atoms with Crippen LogP contribution in [0.5, 0.6) is 0 Å². The number of hydrogen-bond donors (Lipinski definition) is 1. The largest absolute Gasteiger partial charge is 0.444 e. The lowest BCUT2D eigenvalue weighted by molar-refractivity contribution is 0.0277. The van der Waals surface area contributed by atoms with Crippen molar-refractivity contribution >= 4 is 6.09 Å². The maximum Gasteiger partial charge on any atom is 0.410 e. The van der Waals surface area contributed by atoms with Gasteiger partial charge in [-0.2, -0.15) is 0 Å². The average Bonchev–Trinajstić information content (AvgIpc) is 2.84. The zero-order chi connectivity index (χ0) is 14.8. The van der Waals surface area contributed by atoms with Crippen molar-refractivity contribution in [2.45, 2.75) is 38.2 Å². The van der Waals surface area contributed by atoms with Crippen LogP contribution in [0.2, 0.25) is 0 Å². The maximum absolute atomic E-state index is 12.1. The van der Waals surface area contributed by atoms with Crippen LogP contribution in [0.15, 0.2) is 30.3 Å². The molecule has 1 atom stereocenters. The molecule has 1 amide bonds. The second-order valence-electron chi connectivity index (χ2n) is 6.46. The van der Waals surface area contributed by atoms with Crippen LogP contribution in [0.25, 0.3) is 0 Å². The quantitative estimate of drug-likeness (QED) is 0.904. The van der Waals surface area contributed by atoms with Crippen LogP contribution in [0, 0.1) is 0 Å². The second-order valence-corrected chi connectivity index (χ2v) is 6.46. The Kier molecular flexibility index (Phi) is 4.04. The van der Waals surface area contributed by atoms with E-state index in [4.69, 9.17) is 4.74 Å². The highest BCUT2D eigenvalue weighted by atomic mass is 16.6. The summed E-state index contributed by atoms with van der Waals surface area (Å²) in [4.78, 5) is 13.8. The molecule has 4 nitrogen and oxygen atoms in total. The van der Waals surface area contributed by atoms with E-state index in [1.54, 1.807) is 4.90 Å². The summed E-state index contributed by atoms with van der Waals surface area (Å²) in [6, 6.07) is 9.89. The monoisotopic (exact) mass is 277 g/mol. The van der Waals surface area contributed by atoms with Gasteiger partial charge in [0.15, 0.2) is 0 Å². The highest BCUT2D eigenvalue weighted by molar-refractivity contribution is 5.69. The smallest absolute Gasteiger partial charge is 0.410 e. The molecule has 1 aromatic carbocycles. The fourth-order valence-electron chi connectivity index (χ4n) is 2.60. The van der Waals surface area contributed by atoms with Crippen LogP contribution in [0.4, 0.5) is 4.79 Å². The molecule has 1 aliphatic rings. The topological polar surface area (TPSA) is 49.8 Å². The van der Waals surface area contributed by atoms with Gasteiger partial charge in [-0.3, -0.25) is 0 Å². The van der Waals surface area contributed by atoms with Crippen LogP contribution in [0.3, 0.4) is 0 Å². The van der Waals surface area contributed by atoms with E-state index in [0.29, 0.717) is 13.1 Å². The summed E-state index contributed by atoms with van der Waals surface area (Å²) in [5.74, 6) is 0. The molecule has 0 aromatic heterocycles. The third-order valence-corrected chi connectivity index (χ3v) is 3.69. The highest BCUT2D eigenvalue weighted by Gasteiger charge is 2.42. The Morgan fingerprint density at radius 3 is 2.55 bits per heavy atom. The first-order chi connectivity index (χ1) is 9.36. The van der Waals surface area contributed by atoms with Crippen LogP contribution < -0.4 is 0 Å². The van der Waals surface area contributed by atoms with Crippen molar-refractivity contribution in [3.8, 4) is 0 Å². The van der Waals surface area contributed by atoms with Gasteiger partial charge < -0.3 is 14.7 Å². The molecule has 1 saturated heterocycles. The fraction of sp³-hybridized carbons (Fsp3) is 0.562. The third kappa shape index (κ3) is 3.12. The van der Waals surface area contributed by atoms with Crippen molar-refractivity contribution < 1.29 is 14.6 Å². The highest BCUT2D eigenvalue weighted by Crippen LogP contribution is 2.34. The van der Waals surface area contributed by atoms with Crippen molar-refractivity contribution in [2.24, 2.45) is 0 Å². The minimum Gasteiger partial charge on any atom is -0.444 e. The van der Waals surface area contributed by atoms with E-state index in [1.807, 2.05) is 51.1 Å². The number of aliphatic hydroxyl groups is 1. The molecular formula is C16H23NO3. The molecule has 1 heterocycles. The molecule has 110 valence electrons. The SMILES string of the molecule is CC(C)(C)OC(=O)N1CC[C@](CO)(c2ccccc2)C1. The normalized spacial score (nSPS) is 22.9. The molecule has 2 rings (SSSR count). The van der Waals surface area contributed by atoms with Gasteiger partial charge in [-0.05, 0) is 32.8 Å². The number of ether oxygens (including phenoxy) is 1. The molecule has 0 saturated carbocycles. The van der Waals surface area contributed by atoms with Gasteiger partial charge in [-0.15, -0.1) is 0 Å². The first-order valence-electron chi connectivity index (χ1n) is 7.01. The number of aliphatic hydroxyl groups excluding tert-OH is 1. The number of amides is 1. The molecule has 0 bridgehead atoms. The zero-order valence-corrected chi connectivity index (χ0v) is 12.4. The third-order valence-electron chi connectivity index (χ3n) is 3.69. The van der Waals surface area contributed by atoms with Crippen LogP contribution in [0.1, 0.15) is 32.8 Å². The van der Waals surface area contributed by atoms with Crippen molar-refractivity contribution in [3.05, 3.63) is 35.9 Å². The predicted molar refractivity (Wildman–Crippen MR) is 77.6 cm³/mol. The van der Waals surface area contributed by atoms with Gasteiger partial charge in [0, 0.05) is 18.5 Å². The number of likely N-dealkylation sites (tertiary alicyclic amines) is 1. The predicted octanol–water partition coefficient (Wildman–Crippen LogP) is 2.56. The van der Waals surface area contributed by atoms with Crippen molar-refractivity contribution in [1.29, 1.82) is 0 Å². The lowest BCUT2D eigenvalue weighted by Crippen LogP contribution is -2.39. The zero-order valence-electron chi connectivity index (χ0n) is 12.4. The van der Waals surface area contributed by atoms with E-state index in [-0.39, 0.29) is 18.1 Å². The molecule has 0 aliphatic carbocycles. The van der Waals surface area contributed by atoms with Crippen LogP contribution in [-0.2, 0) is 10.2 Å². The van der Waals surface area contributed by atoms with E-state index < -0.39 is 5.60 Å². The standard InChI is InChI=1S/C16H23NO3/c1-15(2,3)20-14(19)17-10-9-16(11-17,12-18)13-7-5-4-6-8-13/h4-8,18H,9-12H2,1-3H3/t16-/m0/s1. The first kappa shape index (κ1) is 14.9. The number of carbonyl (C=O) groups excluding carboxylic acids is 1. The lowest BCUT2D eigenvalue weighted by Gasteiger charge is -2.29. The molecule has 0 radical (unpaired) electrons. The Hall–Kier alpha value is -1.55. The minimum atomic E-state index is -0.492. The van der Waals surface area contributed by atoms with Gasteiger partial charge in [0.1, 0.15) is 5.60 Å². The molecule has 1 aliphatic heterocycles. The van der Waals surface area contributed by atoms with Gasteiger partial charge in [-0.1, -0.05) is 30.3 Å². The summed E-state index contributed by atoms with van der Waals surface area (Å²) in [6.07, 6.45) is 0.455. The number of nitrogens with zero attached hydrogens (tertiary/aromatic N) is 1. The summed E-state index contributed by atoms with van der Waals surface area (Å²) in [5, 5.41) is 9.82. The Bertz CT molecular complexity index is 466. The van der Waals surface area contributed by atoms with Gasteiger partial charge >= 0.3 is 6.09 Å². The second kappa shape index (κ2) is 5.44. The Labute approximate surface area is 120 Å². The van der Waals surface area contributed by atoms with Crippen LogP contribution >= 0.6 is 0 Å². The van der Waals surface area contributed by atoms with Crippen LogP contribution in [-0.4, -0.2) is 41.4 Å². The summed E-state index contributed by atoms with van der Waals surface area (Å²) in [6.45, 7) is 6.73. The molecule has 0 spiro atoms. The fourth-order valence-corrected chi connectivity index (χ4v) is 2.60. The van der Waals surface area contributed by atoms with E-state index in [2.05, 4.69) is 0 Å². The van der Waals surface area contributed by atoms with E-state index in [0.717, 1.165) is 12.0 Å². The Balaban J connectivity index is 2.12. The van der Waals surface area contributed by atoms with Crippen molar-refractivity contribution in [3.63, 3.8) is 0 Å². The molecule has 1 N–H and O–H groups in total. The summed E-state index contributed by atoms with van der Waals surface area (Å²) >= 11 is 0. The van der Waals surface area contributed by atoms with Gasteiger partial charge in [0.25, 0.3) is 0 Å². The minimum absolute atomic E-state index is 0.0380. The Morgan fingerprint density at radius 1 is 1.35 bits per heavy atom. The van der Waals surface area contributed by atoms with E-state index in [9.17, 15) is 9.90 Å². The summed E-state index contributed by atoms with van der Waals surface area (Å²) in [5.41, 5.74) is 0.223.